The van der Waals surface area contributed by atoms with E-state index in [-0.39, 0.29) is 5.56 Å². The Labute approximate surface area is 114 Å². The summed E-state index contributed by atoms with van der Waals surface area (Å²) in [5.74, 6) is -0.0111. The van der Waals surface area contributed by atoms with Gasteiger partial charge in [0.05, 0.1) is 6.04 Å². The van der Waals surface area contributed by atoms with E-state index in [9.17, 15) is 8.78 Å². The van der Waals surface area contributed by atoms with Gasteiger partial charge in [-0.1, -0.05) is 12.1 Å². The number of fused-ring (bicyclic) bond motifs is 1. The highest BCUT2D eigenvalue weighted by molar-refractivity contribution is 5.51. The first-order chi connectivity index (χ1) is 9.66. The fourth-order valence-corrected chi connectivity index (χ4v) is 2.26. The summed E-state index contributed by atoms with van der Waals surface area (Å²) in [5, 5.41) is 0. The van der Waals surface area contributed by atoms with E-state index in [1.54, 1.807) is 18.2 Å². The van der Waals surface area contributed by atoms with Gasteiger partial charge in [-0.2, -0.15) is 0 Å². The molecule has 0 amide bonds. The van der Waals surface area contributed by atoms with Gasteiger partial charge in [-0.15, -0.1) is 0 Å². The van der Waals surface area contributed by atoms with Gasteiger partial charge in [0.25, 0.3) is 0 Å². The van der Waals surface area contributed by atoms with Crippen LogP contribution < -0.4 is 15.2 Å². The standard InChI is InChI=1S/C15H13F2NO2/c16-9-4-5-12(17)11(8-9)14(18)10-2-1-3-13-15(10)20-7-6-19-13/h1-5,8,14H,6-7,18H2. The van der Waals surface area contributed by atoms with Crippen molar-refractivity contribution in [3.63, 3.8) is 0 Å². The van der Waals surface area contributed by atoms with Crippen LogP contribution in [-0.2, 0) is 0 Å². The van der Waals surface area contributed by atoms with E-state index in [1.165, 1.54) is 0 Å². The van der Waals surface area contributed by atoms with Crippen LogP contribution in [-0.4, -0.2) is 13.2 Å². The zero-order chi connectivity index (χ0) is 14.1. The van der Waals surface area contributed by atoms with Crippen molar-refractivity contribution in [2.24, 2.45) is 5.73 Å². The van der Waals surface area contributed by atoms with Crippen molar-refractivity contribution in [1.29, 1.82) is 0 Å². The second kappa shape index (κ2) is 5.09. The largest absolute Gasteiger partial charge is 0.486 e. The third kappa shape index (κ3) is 2.20. The van der Waals surface area contributed by atoms with E-state index in [0.717, 1.165) is 18.2 Å². The van der Waals surface area contributed by atoms with E-state index in [4.69, 9.17) is 15.2 Å². The molecule has 1 aliphatic heterocycles. The van der Waals surface area contributed by atoms with Crippen molar-refractivity contribution < 1.29 is 18.3 Å². The van der Waals surface area contributed by atoms with Gasteiger partial charge >= 0.3 is 0 Å². The Morgan fingerprint density at radius 2 is 1.80 bits per heavy atom. The molecule has 2 aromatic rings. The summed E-state index contributed by atoms with van der Waals surface area (Å²) in [6.45, 7) is 0.863. The molecule has 0 aliphatic carbocycles. The van der Waals surface area contributed by atoms with Gasteiger partial charge in [-0.05, 0) is 24.3 Å². The molecule has 1 unspecified atom stereocenters. The van der Waals surface area contributed by atoms with E-state index >= 15 is 0 Å². The van der Waals surface area contributed by atoms with E-state index < -0.39 is 17.7 Å². The van der Waals surface area contributed by atoms with Crippen LogP contribution in [0.5, 0.6) is 11.5 Å². The van der Waals surface area contributed by atoms with Crippen molar-refractivity contribution >= 4 is 0 Å². The van der Waals surface area contributed by atoms with Crippen LogP contribution in [0.3, 0.4) is 0 Å². The van der Waals surface area contributed by atoms with Crippen molar-refractivity contribution in [3.8, 4) is 11.5 Å². The first-order valence-corrected chi connectivity index (χ1v) is 6.26. The van der Waals surface area contributed by atoms with Gasteiger partial charge in [0.15, 0.2) is 11.5 Å². The number of halogens is 2. The summed E-state index contributed by atoms with van der Waals surface area (Å²) < 4.78 is 38.1. The lowest BCUT2D eigenvalue weighted by atomic mass is 9.97. The SMILES string of the molecule is NC(c1cc(F)ccc1F)c1cccc2c1OCCO2. The summed E-state index contributed by atoms with van der Waals surface area (Å²) in [6.07, 6.45) is 0. The van der Waals surface area contributed by atoms with Crippen LogP contribution in [0, 0.1) is 11.6 Å². The minimum atomic E-state index is -0.817. The van der Waals surface area contributed by atoms with Crippen LogP contribution in [0.15, 0.2) is 36.4 Å². The molecule has 1 aliphatic rings. The first kappa shape index (κ1) is 12.9. The summed E-state index contributed by atoms with van der Waals surface area (Å²) >= 11 is 0. The summed E-state index contributed by atoms with van der Waals surface area (Å²) in [4.78, 5) is 0. The van der Waals surface area contributed by atoms with Gasteiger partial charge in [0, 0.05) is 11.1 Å². The highest BCUT2D eigenvalue weighted by atomic mass is 19.1. The number of ether oxygens (including phenoxy) is 2. The molecule has 5 heteroatoms. The van der Waals surface area contributed by atoms with Gasteiger partial charge in [-0.25, -0.2) is 8.78 Å². The Morgan fingerprint density at radius 1 is 1.00 bits per heavy atom. The first-order valence-electron chi connectivity index (χ1n) is 6.26. The zero-order valence-electron chi connectivity index (χ0n) is 10.6. The second-order valence-electron chi connectivity index (χ2n) is 4.51. The Bertz CT molecular complexity index is 646. The van der Waals surface area contributed by atoms with Gasteiger partial charge in [-0.3, -0.25) is 0 Å². The van der Waals surface area contributed by atoms with Crippen molar-refractivity contribution in [3.05, 3.63) is 59.2 Å². The molecule has 3 rings (SSSR count). The molecule has 3 nitrogen and oxygen atoms in total. The topological polar surface area (TPSA) is 44.5 Å². The number of hydrogen-bond acceptors (Lipinski definition) is 3. The zero-order valence-corrected chi connectivity index (χ0v) is 10.6. The maximum Gasteiger partial charge on any atom is 0.166 e. The highest BCUT2D eigenvalue weighted by Crippen LogP contribution is 2.38. The maximum atomic E-state index is 13.8. The molecule has 0 fully saturated rings. The lowest BCUT2D eigenvalue weighted by molar-refractivity contribution is 0.169. The monoisotopic (exact) mass is 277 g/mol. The second-order valence-corrected chi connectivity index (χ2v) is 4.51. The average molecular weight is 277 g/mol. The quantitative estimate of drug-likeness (QED) is 0.918. The minimum absolute atomic E-state index is 0.0903. The normalized spacial score (nSPS) is 14.9. The molecular weight excluding hydrogens is 264 g/mol. The maximum absolute atomic E-state index is 13.8. The Hall–Kier alpha value is -2.14. The minimum Gasteiger partial charge on any atom is -0.486 e. The summed E-state index contributed by atoms with van der Waals surface area (Å²) in [6, 6.07) is 7.64. The van der Waals surface area contributed by atoms with Crippen LogP contribution in [0.25, 0.3) is 0 Å². The lowest BCUT2D eigenvalue weighted by Gasteiger charge is -2.23. The summed E-state index contributed by atoms with van der Waals surface area (Å²) in [5.41, 5.74) is 6.73. The Morgan fingerprint density at radius 3 is 2.65 bits per heavy atom. The van der Waals surface area contributed by atoms with Crippen LogP contribution in [0.1, 0.15) is 17.2 Å². The molecular formula is C15H13F2NO2. The van der Waals surface area contributed by atoms with Crippen molar-refractivity contribution in [2.45, 2.75) is 6.04 Å². The molecule has 0 aromatic heterocycles. The smallest absolute Gasteiger partial charge is 0.166 e. The van der Waals surface area contributed by atoms with Gasteiger partial charge in [0.2, 0.25) is 0 Å². The molecule has 1 atom stereocenters. The third-order valence-corrected chi connectivity index (χ3v) is 3.22. The average Bonchev–Trinajstić information content (AvgIpc) is 2.48. The van der Waals surface area contributed by atoms with Crippen LogP contribution in [0.4, 0.5) is 8.78 Å². The molecule has 20 heavy (non-hydrogen) atoms. The molecule has 2 N–H and O–H groups in total. The molecule has 1 heterocycles. The molecule has 0 saturated carbocycles. The molecule has 0 saturated heterocycles. The van der Waals surface area contributed by atoms with Crippen LogP contribution >= 0.6 is 0 Å². The number of nitrogens with two attached hydrogens (primary N) is 1. The summed E-state index contributed by atoms with van der Waals surface area (Å²) in [7, 11) is 0. The molecule has 0 bridgehead atoms. The Balaban J connectivity index is 2.06. The fraction of sp³-hybridized carbons (Fsp3) is 0.200. The number of rotatable bonds is 2. The Kier molecular flexibility index (Phi) is 3.28. The molecule has 2 aromatic carbocycles. The predicted molar refractivity (Wildman–Crippen MR) is 69.8 cm³/mol. The van der Waals surface area contributed by atoms with E-state index in [0.29, 0.717) is 30.3 Å². The molecule has 0 spiro atoms. The van der Waals surface area contributed by atoms with Crippen LogP contribution in [0.2, 0.25) is 0 Å². The van der Waals surface area contributed by atoms with E-state index in [1.807, 2.05) is 0 Å². The van der Waals surface area contributed by atoms with Gasteiger partial charge in [0.1, 0.15) is 24.8 Å². The van der Waals surface area contributed by atoms with Gasteiger partial charge < -0.3 is 15.2 Å². The lowest BCUT2D eigenvalue weighted by Crippen LogP contribution is -2.20. The van der Waals surface area contributed by atoms with Crippen molar-refractivity contribution in [2.75, 3.05) is 13.2 Å². The van der Waals surface area contributed by atoms with E-state index in [2.05, 4.69) is 0 Å². The highest BCUT2D eigenvalue weighted by Gasteiger charge is 2.23. The fourth-order valence-electron chi connectivity index (χ4n) is 2.26. The number of para-hydroxylation sites is 1. The molecule has 0 radical (unpaired) electrons. The molecule has 104 valence electrons. The number of hydrogen-bond donors (Lipinski definition) is 1. The third-order valence-electron chi connectivity index (χ3n) is 3.22. The predicted octanol–water partition coefficient (Wildman–Crippen LogP) is 2.78. The number of benzene rings is 2. The van der Waals surface area contributed by atoms with Crippen molar-refractivity contribution in [1.82, 2.24) is 0 Å².